The third kappa shape index (κ3) is 45.1. The highest BCUT2D eigenvalue weighted by atomic mass is 16.7. The number of carbonyl (C=O) groups excluding carboxylic acids is 12. The first kappa shape index (κ1) is 104. The van der Waals surface area contributed by atoms with Gasteiger partial charge in [0.15, 0.2) is 18.9 Å². The second-order valence-corrected chi connectivity index (χ2v) is 28.9. The first-order valence-electron chi connectivity index (χ1n) is 40.5. The highest BCUT2D eigenvalue weighted by molar-refractivity contribution is 5.79. The molecule has 43 nitrogen and oxygen atoms in total. The second-order valence-electron chi connectivity index (χ2n) is 28.9. The van der Waals surface area contributed by atoms with E-state index in [2.05, 4.69) is 63.8 Å². The van der Waals surface area contributed by atoms with E-state index in [9.17, 15) is 103 Å². The van der Waals surface area contributed by atoms with Gasteiger partial charge in [0.25, 0.3) is 0 Å². The van der Waals surface area contributed by atoms with Crippen LogP contribution in [0.15, 0.2) is 0 Å². The average Bonchev–Trinajstić information content (AvgIpc) is 0.828. The molecular weight excluding hydrogens is 1550 g/mol. The molecule has 674 valence electrons. The summed E-state index contributed by atoms with van der Waals surface area (Å²) in [5.74, 6) is -4.00. The molecule has 0 aromatic rings. The van der Waals surface area contributed by atoms with Gasteiger partial charge in [-0.1, -0.05) is 19.3 Å². The number of urea groups is 1. The van der Waals surface area contributed by atoms with E-state index in [0.717, 1.165) is 0 Å². The van der Waals surface area contributed by atoms with Crippen LogP contribution in [0.2, 0.25) is 0 Å². The van der Waals surface area contributed by atoms with Crippen molar-refractivity contribution in [3.05, 3.63) is 0 Å². The molecule has 3 rings (SSSR count). The van der Waals surface area contributed by atoms with Crippen molar-refractivity contribution in [2.45, 2.75) is 266 Å². The number of hydrogen-bond donors (Lipinski definition) is 22. The monoisotopic (exact) mass is 1680 g/mol. The van der Waals surface area contributed by atoms with Gasteiger partial charge in [0.2, 0.25) is 65.0 Å². The minimum atomic E-state index is -1.47. The van der Waals surface area contributed by atoms with Gasteiger partial charge in [-0.25, -0.2) is 4.79 Å². The number of ether oxygens (including phenoxy) is 9. The molecule has 15 atom stereocenters. The van der Waals surface area contributed by atoms with Crippen molar-refractivity contribution < 1.29 is 146 Å². The van der Waals surface area contributed by atoms with E-state index < -0.39 is 165 Å². The zero-order chi connectivity index (χ0) is 86.3. The maximum absolute atomic E-state index is 13.9. The lowest BCUT2D eigenvalue weighted by molar-refractivity contribution is -0.270. The van der Waals surface area contributed by atoms with Crippen molar-refractivity contribution in [1.29, 1.82) is 0 Å². The van der Waals surface area contributed by atoms with Gasteiger partial charge in [0.05, 0.1) is 59.5 Å². The fourth-order valence-electron chi connectivity index (χ4n) is 12.4. The molecule has 3 heterocycles. The van der Waals surface area contributed by atoms with Gasteiger partial charge in [-0.3, -0.25) is 52.7 Å². The zero-order valence-electron chi connectivity index (χ0n) is 67.7. The fourth-order valence-corrected chi connectivity index (χ4v) is 12.4. The molecule has 0 spiro atoms. The standard InChI is InChI=1S/C74H133N13O30/c1-47(91)84-61-67(105)64(102)50(41-88)115-70(61)112-35-12-9-20-54(95)76-27-15-30-80-57(98)24-38-109-44-74(87-60(101)23-8-6-4-5-7-19-53(94)79-33-18-34-83-73(75)108,45-110-39-25-58(99)81-31-16-28-77-55(96)21-10-13-36-113-71-62(85-48(2)92)68(106)65(103)51(42-89)116-71)46-111-40-26-59(100)82-32-17-29-78-56(97)22-11-14-37-114-72-63(86-49(3)93)69(107)66(104)52(43-90)117-72/h50-52,61-72,88-90,102-107H,4-46H2,1-3H3,(H,76,95)(H,77,96)(H,78,97)(H,79,94)(H,80,98)(H,81,99)(H,82,100)(H,84,91)(H,85,92)(H,86,93)(H,87,101)(H3,75,83,108). The quantitative estimate of drug-likeness (QED) is 0.0252. The van der Waals surface area contributed by atoms with E-state index in [-0.39, 0.29) is 167 Å². The number of nitrogens with one attached hydrogen (secondary N) is 12. The van der Waals surface area contributed by atoms with Gasteiger partial charge in [-0.15, -0.1) is 0 Å². The summed E-state index contributed by atoms with van der Waals surface area (Å²) >= 11 is 0. The fraction of sp³-hybridized carbons (Fsp3) is 0.838. The average molecular weight is 1680 g/mol. The minimum Gasteiger partial charge on any atom is -0.394 e. The number of aliphatic hydroxyl groups is 9. The van der Waals surface area contributed by atoms with E-state index in [0.29, 0.717) is 116 Å². The van der Waals surface area contributed by atoms with Crippen molar-refractivity contribution in [3.63, 3.8) is 0 Å². The summed E-state index contributed by atoms with van der Waals surface area (Å²) < 4.78 is 52.1. The number of amides is 13. The Morgan fingerprint density at radius 3 is 0.803 bits per heavy atom. The van der Waals surface area contributed by atoms with Crippen molar-refractivity contribution in [2.75, 3.05) is 132 Å². The Hall–Kier alpha value is -7.28. The maximum Gasteiger partial charge on any atom is 0.312 e. The highest BCUT2D eigenvalue weighted by Crippen LogP contribution is 2.26. The molecule has 117 heavy (non-hydrogen) atoms. The summed E-state index contributed by atoms with van der Waals surface area (Å²) in [6.07, 6.45) is -8.28. The number of nitrogens with two attached hydrogens (primary N) is 1. The second kappa shape index (κ2) is 61.1. The summed E-state index contributed by atoms with van der Waals surface area (Å²) in [5, 5.41) is 123. The third-order valence-corrected chi connectivity index (χ3v) is 18.7. The van der Waals surface area contributed by atoms with Crippen molar-refractivity contribution in [1.82, 2.24) is 63.8 Å². The molecule has 0 saturated carbocycles. The van der Waals surface area contributed by atoms with Crippen LogP contribution in [0.4, 0.5) is 4.79 Å². The molecular formula is C74H133N13O30. The molecule has 43 heteroatoms. The normalized spacial score (nSPS) is 23.5. The number of unbranched alkanes of at least 4 members (excludes halogenated alkanes) is 7. The largest absolute Gasteiger partial charge is 0.394 e. The molecule has 0 radical (unpaired) electrons. The van der Waals surface area contributed by atoms with Crippen LogP contribution in [0.1, 0.15) is 168 Å². The summed E-state index contributed by atoms with van der Waals surface area (Å²) in [7, 11) is 0. The van der Waals surface area contributed by atoms with Crippen LogP contribution in [0.5, 0.6) is 0 Å². The van der Waals surface area contributed by atoms with E-state index >= 15 is 0 Å². The first-order valence-corrected chi connectivity index (χ1v) is 40.5. The Labute approximate surface area is 681 Å². The Balaban J connectivity index is 1.58. The van der Waals surface area contributed by atoms with Crippen molar-refractivity contribution >= 4 is 71.0 Å². The Bertz CT molecular complexity index is 2680. The molecule has 0 aromatic carbocycles. The number of hydrogen-bond acceptors (Lipinski definition) is 30. The summed E-state index contributed by atoms with van der Waals surface area (Å²) in [6, 6.07) is -3.96. The van der Waals surface area contributed by atoms with E-state index in [1.165, 1.54) is 20.8 Å². The molecule has 3 fully saturated rings. The zero-order valence-corrected chi connectivity index (χ0v) is 67.7. The molecule has 0 aromatic heterocycles. The predicted octanol–water partition coefficient (Wildman–Crippen LogP) is -6.77. The van der Waals surface area contributed by atoms with Gasteiger partial charge >= 0.3 is 6.03 Å². The summed E-state index contributed by atoms with van der Waals surface area (Å²) in [5.41, 5.74) is 3.62. The summed E-state index contributed by atoms with van der Waals surface area (Å²) in [6.45, 7) is 2.78. The molecule has 15 unspecified atom stereocenters. The molecule has 23 N–H and O–H groups in total. The van der Waals surface area contributed by atoms with Crippen LogP contribution in [-0.4, -0.2) is 346 Å². The van der Waals surface area contributed by atoms with Crippen LogP contribution in [0.25, 0.3) is 0 Å². The van der Waals surface area contributed by atoms with Gasteiger partial charge < -0.3 is 158 Å². The Morgan fingerprint density at radius 2 is 0.547 bits per heavy atom. The summed E-state index contributed by atoms with van der Waals surface area (Å²) in [4.78, 5) is 150. The lowest BCUT2D eigenvalue weighted by atomic mass is 9.97. The number of aliphatic hydroxyl groups excluding tert-OH is 9. The van der Waals surface area contributed by atoms with Crippen LogP contribution < -0.4 is 69.5 Å². The maximum atomic E-state index is 13.9. The highest BCUT2D eigenvalue weighted by Gasteiger charge is 2.48. The van der Waals surface area contributed by atoms with Crippen LogP contribution in [-0.2, 0) is 95.4 Å². The van der Waals surface area contributed by atoms with E-state index in [1.807, 2.05) is 0 Å². The van der Waals surface area contributed by atoms with Crippen LogP contribution >= 0.6 is 0 Å². The van der Waals surface area contributed by atoms with Crippen LogP contribution in [0, 0.1) is 0 Å². The molecule has 0 bridgehead atoms. The predicted molar refractivity (Wildman–Crippen MR) is 412 cm³/mol. The van der Waals surface area contributed by atoms with Crippen molar-refractivity contribution in [2.24, 2.45) is 5.73 Å². The lowest BCUT2D eigenvalue weighted by Gasteiger charge is -2.42. The Kier molecular flexibility index (Phi) is 54.2. The smallest absolute Gasteiger partial charge is 0.312 e. The topological polar surface area (TPSA) is 640 Å². The number of carbonyl (C=O) groups is 12. The molecule has 0 aliphatic carbocycles. The van der Waals surface area contributed by atoms with Crippen molar-refractivity contribution in [3.8, 4) is 0 Å². The molecule has 3 aliphatic rings. The van der Waals surface area contributed by atoms with Gasteiger partial charge in [-0.05, 0) is 77.0 Å². The molecule has 3 aliphatic heterocycles. The minimum absolute atomic E-state index is 0.0523. The lowest BCUT2D eigenvalue weighted by Crippen LogP contribution is -2.64. The van der Waals surface area contributed by atoms with Gasteiger partial charge in [0, 0.05) is 144 Å². The van der Waals surface area contributed by atoms with Gasteiger partial charge in [0.1, 0.15) is 78.6 Å². The Morgan fingerprint density at radius 1 is 0.308 bits per heavy atom. The number of rotatable bonds is 64. The van der Waals surface area contributed by atoms with Gasteiger partial charge in [-0.2, -0.15) is 0 Å². The van der Waals surface area contributed by atoms with E-state index in [1.54, 1.807) is 0 Å². The molecule has 13 amide bonds. The molecule has 3 saturated heterocycles. The van der Waals surface area contributed by atoms with E-state index in [4.69, 9.17) is 48.4 Å². The van der Waals surface area contributed by atoms with Crippen LogP contribution in [0.3, 0.4) is 0 Å². The number of primary amides is 1. The first-order chi connectivity index (χ1) is 56.0. The SMILES string of the molecule is CC(=O)NC1C(OCCCCC(=O)NCCCNC(=O)CCOCC(COCCC(=O)NCCCNC(=O)CCCCOC2OC(CO)C(O)C(O)C2NC(C)=O)(COCCC(=O)NCCCNC(=O)CCCCOC2OC(CO)C(O)C(O)C2NC(C)=O)NC(=O)CCCCCCCC(=O)NCCCNC(N)=O)OC(CO)C(O)C1O. The third-order valence-electron chi connectivity index (χ3n) is 18.7.